The molecule has 5 rings (SSSR count). The highest BCUT2D eigenvalue weighted by atomic mass is 19.1. The maximum atomic E-state index is 13.6. The monoisotopic (exact) mass is 483 g/mol. The van der Waals surface area contributed by atoms with Crippen LogP contribution < -0.4 is 4.90 Å². The van der Waals surface area contributed by atoms with E-state index < -0.39 is 30.2 Å². The van der Waals surface area contributed by atoms with Crippen LogP contribution in [0.3, 0.4) is 0 Å². The van der Waals surface area contributed by atoms with E-state index in [1.807, 2.05) is 60.7 Å². The number of cyclic esters (lactones) is 1. The van der Waals surface area contributed by atoms with Crippen molar-refractivity contribution in [2.24, 2.45) is 0 Å². The number of benzene rings is 4. The van der Waals surface area contributed by atoms with Gasteiger partial charge in [0.15, 0.2) is 6.10 Å². The van der Waals surface area contributed by atoms with Gasteiger partial charge in [-0.3, -0.25) is 4.90 Å². The minimum absolute atomic E-state index is 0.176. The molecule has 0 aromatic heterocycles. The predicted octanol–water partition coefficient (Wildman–Crippen LogP) is 6.26. The molecule has 3 atom stereocenters. The topological polar surface area (TPSA) is 70.0 Å². The Labute approximate surface area is 209 Å². The van der Waals surface area contributed by atoms with Crippen molar-refractivity contribution in [1.82, 2.24) is 0 Å². The number of carbonyl (C=O) groups is 1. The Kier molecular flexibility index (Phi) is 6.69. The standard InChI is InChI=1S/C30H26FNO4/c31-24-14-16-25(17-15-24)32-28(22-12-10-21(11-13-22)23-7-4-8-26(33)19-23)29(36-30(32)35)27(34)18-9-20-5-2-1-3-6-20/h1-8,10-17,19,27-29,33-34H,9,18H2/t27?,28-,29?/m1/s1. The summed E-state index contributed by atoms with van der Waals surface area (Å²) in [7, 11) is 0. The molecule has 182 valence electrons. The first-order valence-electron chi connectivity index (χ1n) is 11.9. The number of hydrogen-bond acceptors (Lipinski definition) is 4. The third-order valence-electron chi connectivity index (χ3n) is 6.51. The van der Waals surface area contributed by atoms with Gasteiger partial charge in [-0.1, -0.05) is 66.7 Å². The molecule has 36 heavy (non-hydrogen) atoms. The Morgan fingerprint density at radius 3 is 2.28 bits per heavy atom. The molecular formula is C30H26FNO4. The first-order chi connectivity index (χ1) is 17.5. The molecule has 1 aliphatic rings. The summed E-state index contributed by atoms with van der Waals surface area (Å²) >= 11 is 0. The van der Waals surface area contributed by atoms with E-state index in [1.54, 1.807) is 18.2 Å². The van der Waals surface area contributed by atoms with Crippen LogP contribution in [0.1, 0.15) is 23.6 Å². The van der Waals surface area contributed by atoms with Gasteiger partial charge in [-0.05, 0) is 71.5 Å². The number of aromatic hydroxyl groups is 1. The second-order valence-electron chi connectivity index (χ2n) is 8.90. The van der Waals surface area contributed by atoms with E-state index in [0.29, 0.717) is 18.5 Å². The van der Waals surface area contributed by atoms with Gasteiger partial charge in [0.1, 0.15) is 17.6 Å². The summed E-state index contributed by atoms with van der Waals surface area (Å²) in [5, 5.41) is 21.0. The molecule has 2 N–H and O–H groups in total. The lowest BCUT2D eigenvalue weighted by atomic mass is 9.92. The molecule has 4 aromatic carbocycles. The number of hydrogen-bond donors (Lipinski definition) is 2. The molecule has 6 heteroatoms. The van der Waals surface area contributed by atoms with Gasteiger partial charge in [-0.15, -0.1) is 0 Å². The molecule has 0 bridgehead atoms. The number of anilines is 1. The highest BCUT2D eigenvalue weighted by Crippen LogP contribution is 2.40. The van der Waals surface area contributed by atoms with Crippen LogP contribution in [0.2, 0.25) is 0 Å². The number of ether oxygens (including phenoxy) is 1. The largest absolute Gasteiger partial charge is 0.508 e. The summed E-state index contributed by atoms with van der Waals surface area (Å²) in [6.07, 6.45) is -1.26. The van der Waals surface area contributed by atoms with Crippen LogP contribution in [0.15, 0.2) is 103 Å². The number of nitrogens with zero attached hydrogens (tertiary/aromatic N) is 1. The van der Waals surface area contributed by atoms with Gasteiger partial charge in [-0.2, -0.15) is 0 Å². The summed E-state index contributed by atoms with van der Waals surface area (Å²) in [5.41, 5.74) is 4.10. The fourth-order valence-corrected chi connectivity index (χ4v) is 4.68. The number of aliphatic hydroxyl groups excluding tert-OH is 1. The minimum Gasteiger partial charge on any atom is -0.508 e. The van der Waals surface area contributed by atoms with Gasteiger partial charge in [0.2, 0.25) is 0 Å². The van der Waals surface area contributed by atoms with Crippen LogP contribution in [-0.2, 0) is 11.2 Å². The van der Waals surface area contributed by atoms with Crippen molar-refractivity contribution >= 4 is 11.8 Å². The molecule has 0 radical (unpaired) electrons. The fourth-order valence-electron chi connectivity index (χ4n) is 4.68. The summed E-state index contributed by atoms with van der Waals surface area (Å²) < 4.78 is 19.3. The number of phenolic OH excluding ortho intramolecular Hbond substituents is 1. The van der Waals surface area contributed by atoms with E-state index >= 15 is 0 Å². The zero-order chi connectivity index (χ0) is 25.1. The highest BCUT2D eigenvalue weighted by molar-refractivity contribution is 5.91. The Balaban J connectivity index is 1.46. The van der Waals surface area contributed by atoms with E-state index in [0.717, 1.165) is 22.3 Å². The predicted molar refractivity (Wildman–Crippen MR) is 136 cm³/mol. The van der Waals surface area contributed by atoms with E-state index in [-0.39, 0.29) is 5.75 Å². The van der Waals surface area contributed by atoms with Gasteiger partial charge in [0.25, 0.3) is 0 Å². The number of phenols is 1. The Hall–Kier alpha value is -4.16. The van der Waals surface area contributed by atoms with Crippen LogP contribution in [0, 0.1) is 5.82 Å². The Morgan fingerprint density at radius 1 is 0.861 bits per heavy atom. The van der Waals surface area contributed by atoms with Gasteiger partial charge < -0.3 is 14.9 Å². The highest BCUT2D eigenvalue weighted by Gasteiger charge is 2.46. The van der Waals surface area contributed by atoms with Crippen molar-refractivity contribution in [1.29, 1.82) is 0 Å². The van der Waals surface area contributed by atoms with Crippen LogP contribution >= 0.6 is 0 Å². The molecule has 5 nitrogen and oxygen atoms in total. The summed E-state index contributed by atoms with van der Waals surface area (Å²) in [5.74, 6) is -0.228. The van der Waals surface area contributed by atoms with E-state index in [9.17, 15) is 19.4 Å². The summed E-state index contributed by atoms with van der Waals surface area (Å²) in [4.78, 5) is 14.5. The van der Waals surface area contributed by atoms with Crippen LogP contribution in [-0.4, -0.2) is 28.5 Å². The number of amides is 1. The number of aliphatic hydroxyl groups is 1. The Bertz CT molecular complexity index is 1330. The lowest BCUT2D eigenvalue weighted by Crippen LogP contribution is -2.35. The maximum absolute atomic E-state index is 13.6. The molecule has 1 amide bonds. The molecule has 1 fully saturated rings. The third kappa shape index (κ3) is 4.95. The van der Waals surface area contributed by atoms with Gasteiger partial charge in [0.05, 0.1) is 6.10 Å². The van der Waals surface area contributed by atoms with Crippen LogP contribution in [0.4, 0.5) is 14.9 Å². The summed E-state index contributed by atoms with van der Waals surface area (Å²) in [6, 6.07) is 29.4. The van der Waals surface area contributed by atoms with Crippen molar-refractivity contribution in [3.8, 4) is 16.9 Å². The molecule has 4 aromatic rings. The summed E-state index contributed by atoms with van der Waals surface area (Å²) in [6.45, 7) is 0. The van der Waals surface area contributed by atoms with E-state index in [2.05, 4.69) is 0 Å². The van der Waals surface area contributed by atoms with Gasteiger partial charge >= 0.3 is 6.09 Å². The first-order valence-corrected chi connectivity index (χ1v) is 11.9. The van der Waals surface area contributed by atoms with Gasteiger partial charge in [0, 0.05) is 5.69 Å². The van der Waals surface area contributed by atoms with E-state index in [1.165, 1.54) is 29.2 Å². The maximum Gasteiger partial charge on any atom is 0.415 e. The second kappa shape index (κ2) is 10.2. The third-order valence-corrected chi connectivity index (χ3v) is 6.51. The minimum atomic E-state index is -0.907. The fraction of sp³-hybridized carbons (Fsp3) is 0.167. The normalized spacial score (nSPS) is 18.2. The van der Waals surface area contributed by atoms with Crippen molar-refractivity contribution < 1.29 is 24.1 Å². The molecular weight excluding hydrogens is 457 g/mol. The molecule has 1 aliphatic heterocycles. The molecule has 0 saturated carbocycles. The lowest BCUT2D eigenvalue weighted by Gasteiger charge is -2.28. The lowest BCUT2D eigenvalue weighted by molar-refractivity contribution is 0.0146. The number of aryl methyl sites for hydroxylation is 1. The average molecular weight is 484 g/mol. The zero-order valence-corrected chi connectivity index (χ0v) is 19.5. The molecule has 1 heterocycles. The number of halogens is 1. The van der Waals surface area contributed by atoms with Gasteiger partial charge in [-0.25, -0.2) is 9.18 Å². The number of carbonyl (C=O) groups excluding carboxylic acids is 1. The van der Waals surface area contributed by atoms with Crippen molar-refractivity contribution in [3.05, 3.63) is 120 Å². The second-order valence-corrected chi connectivity index (χ2v) is 8.90. The molecule has 2 unspecified atom stereocenters. The van der Waals surface area contributed by atoms with Crippen molar-refractivity contribution in [3.63, 3.8) is 0 Å². The average Bonchev–Trinajstić information content (AvgIpc) is 3.25. The van der Waals surface area contributed by atoms with Crippen LogP contribution in [0.25, 0.3) is 11.1 Å². The number of rotatable bonds is 7. The SMILES string of the molecule is O=C1OC(C(O)CCc2ccccc2)[C@@H](c2ccc(-c3cccc(O)c3)cc2)N1c1ccc(F)cc1. The Morgan fingerprint density at radius 2 is 1.58 bits per heavy atom. The molecule has 0 spiro atoms. The quantitative estimate of drug-likeness (QED) is 0.326. The van der Waals surface area contributed by atoms with E-state index in [4.69, 9.17) is 4.74 Å². The molecule has 0 aliphatic carbocycles. The van der Waals surface area contributed by atoms with Crippen LogP contribution in [0.5, 0.6) is 5.75 Å². The van der Waals surface area contributed by atoms with Crippen molar-refractivity contribution in [2.75, 3.05) is 4.90 Å². The van der Waals surface area contributed by atoms with Crippen molar-refractivity contribution in [2.45, 2.75) is 31.1 Å². The smallest absolute Gasteiger partial charge is 0.415 e. The zero-order valence-electron chi connectivity index (χ0n) is 19.5. The molecule has 1 saturated heterocycles. The first kappa shape index (κ1) is 23.6.